The Labute approximate surface area is 264 Å². The van der Waals surface area contributed by atoms with E-state index in [2.05, 4.69) is 16.4 Å². The highest BCUT2D eigenvalue weighted by atomic mass is 35.6. The molecule has 3 aromatic carbocycles. The molecule has 0 bridgehead atoms. The summed E-state index contributed by atoms with van der Waals surface area (Å²) in [6.45, 7) is 0.217. The molecule has 2 heterocycles. The van der Waals surface area contributed by atoms with Crippen molar-refractivity contribution in [1.82, 2.24) is 14.9 Å². The number of nitrogens with zero attached hydrogens (tertiary/aromatic N) is 2. The fourth-order valence-corrected chi connectivity index (χ4v) is 5.84. The molecule has 1 saturated heterocycles. The van der Waals surface area contributed by atoms with Crippen LogP contribution in [0, 0.1) is 0 Å². The molecule has 3 atom stereocenters. The number of imidazole rings is 1. The molecule has 1 aliphatic rings. The van der Waals surface area contributed by atoms with Gasteiger partial charge in [0.15, 0.2) is 11.4 Å². The first-order valence-corrected chi connectivity index (χ1v) is 15.5. The molecule has 0 saturated carbocycles. The molecule has 0 radical (unpaired) electrons. The third-order valence-electron chi connectivity index (χ3n) is 6.92. The lowest BCUT2D eigenvalue weighted by molar-refractivity contribution is -0.245. The second-order valence-electron chi connectivity index (χ2n) is 9.99. The minimum atomic E-state index is -2.02. The summed E-state index contributed by atoms with van der Waals surface area (Å²) in [5, 5.41) is 13.1. The van der Waals surface area contributed by atoms with Crippen LogP contribution in [0.1, 0.15) is 41.1 Å². The Kier molecular flexibility index (Phi) is 10.2. The lowest BCUT2D eigenvalue weighted by Crippen LogP contribution is -2.33. The number of halogens is 3. The summed E-state index contributed by atoms with van der Waals surface area (Å²) in [5.74, 6) is 0.0418. The van der Waals surface area contributed by atoms with E-state index >= 15 is 0 Å². The normalized spacial score (nSPS) is 19.0. The molecule has 1 amide bonds. The van der Waals surface area contributed by atoms with Gasteiger partial charge in [-0.3, -0.25) is 4.79 Å². The summed E-state index contributed by atoms with van der Waals surface area (Å²) >= 11 is 18.7. The molecule has 4 aromatic rings. The van der Waals surface area contributed by atoms with E-state index < -0.39 is 16.0 Å². The first kappa shape index (κ1) is 30.9. The van der Waals surface area contributed by atoms with E-state index in [-0.39, 0.29) is 25.4 Å². The highest BCUT2D eigenvalue weighted by Crippen LogP contribution is 2.40. The number of benzene rings is 3. The molecular weight excluding hydrogens is 617 g/mol. The van der Waals surface area contributed by atoms with Gasteiger partial charge in [0.05, 0.1) is 18.8 Å². The van der Waals surface area contributed by atoms with E-state index in [1.165, 1.54) is 0 Å². The topological polar surface area (TPSA) is 85.6 Å². The van der Waals surface area contributed by atoms with Crippen LogP contribution < -0.4 is 5.32 Å². The van der Waals surface area contributed by atoms with Gasteiger partial charge in [-0.15, -0.1) is 0 Å². The van der Waals surface area contributed by atoms with E-state index in [0.717, 1.165) is 44.3 Å². The predicted molar refractivity (Wildman–Crippen MR) is 166 cm³/mol. The number of amides is 1. The van der Waals surface area contributed by atoms with Crippen LogP contribution in [0.25, 0.3) is 11.1 Å². The lowest BCUT2D eigenvalue weighted by Gasteiger charge is -2.36. The summed E-state index contributed by atoms with van der Waals surface area (Å²) in [4.78, 5) is 16.4. The van der Waals surface area contributed by atoms with Gasteiger partial charge in [0.1, 0.15) is 0 Å². The van der Waals surface area contributed by atoms with Crippen LogP contribution in [0.15, 0.2) is 90.3 Å². The van der Waals surface area contributed by atoms with Gasteiger partial charge in [-0.25, -0.2) is 4.98 Å². The van der Waals surface area contributed by atoms with E-state index in [4.69, 9.17) is 44.3 Å². The largest absolute Gasteiger partial charge is 0.392 e. The molecule has 0 spiro atoms. The number of carbonyl (C=O) groups is 1. The number of aryl methyl sites for hydroxylation is 1. The van der Waals surface area contributed by atoms with Crippen molar-refractivity contribution in [2.75, 3.05) is 5.75 Å². The number of aromatic nitrogens is 2. The van der Waals surface area contributed by atoms with Gasteiger partial charge in [0.25, 0.3) is 9.70 Å². The quantitative estimate of drug-likeness (QED) is 0.152. The van der Waals surface area contributed by atoms with Crippen molar-refractivity contribution in [3.63, 3.8) is 0 Å². The van der Waals surface area contributed by atoms with Gasteiger partial charge in [-0.05, 0) is 39.9 Å². The maximum Gasteiger partial charge on any atom is 0.272 e. The second-order valence-corrected chi connectivity index (χ2v) is 13.3. The van der Waals surface area contributed by atoms with Gasteiger partial charge in [-0.1, -0.05) is 107 Å². The molecule has 0 aliphatic carbocycles. The third-order valence-corrected chi connectivity index (χ3v) is 8.62. The zero-order valence-corrected chi connectivity index (χ0v) is 25.8. The minimum Gasteiger partial charge on any atom is -0.392 e. The van der Waals surface area contributed by atoms with E-state index in [9.17, 15) is 9.90 Å². The zero-order valence-electron chi connectivity index (χ0n) is 22.8. The molecule has 1 fully saturated rings. The Morgan fingerprint density at radius 1 is 1.02 bits per heavy atom. The van der Waals surface area contributed by atoms with Gasteiger partial charge in [0, 0.05) is 43.7 Å². The standard InChI is InChI=1S/C31H30Cl3N3O4S/c1-37-13-12-35-30(37)42-19-26-16-27(22-10-8-20(18-38)9-11-22)41-28(40-26)25-7-3-6-24(15-25)23-5-2-4-21(14-23)17-36-29(39)31(32,33)34/h2-15,26-28,38H,16-19H2,1H3,(H,36,39)/t26-,27+,28+/m0/s1. The Hall–Kier alpha value is -2.56. The van der Waals surface area contributed by atoms with Gasteiger partial charge < -0.3 is 24.5 Å². The number of rotatable bonds is 9. The van der Waals surface area contributed by atoms with Crippen molar-refractivity contribution >= 4 is 52.5 Å². The zero-order chi connectivity index (χ0) is 29.7. The van der Waals surface area contributed by atoms with Crippen LogP contribution in [-0.2, 0) is 34.5 Å². The molecule has 42 heavy (non-hydrogen) atoms. The van der Waals surface area contributed by atoms with Crippen LogP contribution in [0.3, 0.4) is 0 Å². The summed E-state index contributed by atoms with van der Waals surface area (Å²) < 4.78 is 13.0. The average Bonchev–Trinajstić information content (AvgIpc) is 3.42. The predicted octanol–water partition coefficient (Wildman–Crippen LogP) is 6.90. The molecule has 5 rings (SSSR count). The van der Waals surface area contributed by atoms with Gasteiger partial charge >= 0.3 is 0 Å². The van der Waals surface area contributed by atoms with E-state index in [1.807, 2.05) is 84.5 Å². The van der Waals surface area contributed by atoms with E-state index in [1.54, 1.807) is 18.0 Å². The molecule has 0 unspecified atom stereocenters. The van der Waals surface area contributed by atoms with Crippen molar-refractivity contribution < 1.29 is 19.4 Å². The fraction of sp³-hybridized carbons (Fsp3) is 0.290. The number of alkyl halides is 3. The number of hydrogen-bond acceptors (Lipinski definition) is 6. The number of ether oxygens (including phenoxy) is 2. The number of hydrogen-bond donors (Lipinski definition) is 2. The SMILES string of the molecule is Cn1ccnc1SC[C@@H]1C[C@H](c2ccc(CO)cc2)O[C@H](c2cccc(-c3cccc(CNC(=O)C(Cl)(Cl)Cl)c3)c2)O1. The van der Waals surface area contributed by atoms with Crippen molar-refractivity contribution in [3.8, 4) is 11.1 Å². The summed E-state index contributed by atoms with van der Waals surface area (Å²) in [6, 6.07) is 23.7. The maximum absolute atomic E-state index is 12.0. The summed E-state index contributed by atoms with van der Waals surface area (Å²) in [5.41, 5.74) is 5.59. The highest BCUT2D eigenvalue weighted by Gasteiger charge is 2.33. The van der Waals surface area contributed by atoms with Crippen LogP contribution in [0.4, 0.5) is 0 Å². The van der Waals surface area contributed by atoms with Crippen LogP contribution in [-0.4, -0.2) is 36.2 Å². The van der Waals surface area contributed by atoms with Crippen molar-refractivity contribution in [3.05, 3.63) is 107 Å². The smallest absolute Gasteiger partial charge is 0.272 e. The second kappa shape index (κ2) is 13.8. The van der Waals surface area contributed by atoms with Crippen molar-refractivity contribution in [2.24, 2.45) is 7.05 Å². The summed E-state index contributed by atoms with van der Waals surface area (Å²) in [6.07, 6.45) is 3.56. The van der Waals surface area contributed by atoms with Crippen LogP contribution in [0.5, 0.6) is 0 Å². The number of aliphatic hydroxyl groups is 1. The number of thioether (sulfide) groups is 1. The molecule has 7 nitrogen and oxygen atoms in total. The minimum absolute atomic E-state index is 0.00621. The molecule has 220 valence electrons. The fourth-order valence-electron chi connectivity index (χ4n) is 4.69. The number of nitrogens with one attached hydrogen (secondary N) is 1. The third kappa shape index (κ3) is 7.88. The van der Waals surface area contributed by atoms with E-state index in [0.29, 0.717) is 6.42 Å². The molecular formula is C31H30Cl3N3O4S. The Morgan fingerprint density at radius 3 is 2.45 bits per heavy atom. The van der Waals surface area contributed by atoms with Crippen molar-refractivity contribution in [2.45, 2.75) is 47.0 Å². The number of aliphatic hydroxyl groups excluding tert-OH is 1. The average molecular weight is 647 g/mol. The van der Waals surface area contributed by atoms with Crippen LogP contribution >= 0.6 is 46.6 Å². The van der Waals surface area contributed by atoms with Gasteiger partial charge in [-0.2, -0.15) is 0 Å². The van der Waals surface area contributed by atoms with Gasteiger partial charge in [0.2, 0.25) is 0 Å². The Bertz CT molecular complexity index is 1510. The number of carbonyl (C=O) groups excluding carboxylic acids is 1. The first-order chi connectivity index (χ1) is 20.2. The first-order valence-electron chi connectivity index (χ1n) is 13.3. The molecule has 1 aromatic heterocycles. The monoisotopic (exact) mass is 645 g/mol. The molecule has 1 aliphatic heterocycles. The maximum atomic E-state index is 12.0. The Balaban J connectivity index is 1.36. The highest BCUT2D eigenvalue weighted by molar-refractivity contribution is 7.99. The Morgan fingerprint density at radius 2 is 1.76 bits per heavy atom. The molecule has 11 heteroatoms. The van der Waals surface area contributed by atoms with Crippen molar-refractivity contribution in [1.29, 1.82) is 0 Å². The molecule has 2 N–H and O–H groups in total. The lowest BCUT2D eigenvalue weighted by atomic mass is 9.99. The van der Waals surface area contributed by atoms with Crippen LogP contribution in [0.2, 0.25) is 0 Å². The summed E-state index contributed by atoms with van der Waals surface area (Å²) in [7, 11) is 1.98.